The molecule has 0 saturated heterocycles. The Labute approximate surface area is 131 Å². The van der Waals surface area contributed by atoms with Gasteiger partial charge in [0.15, 0.2) is 0 Å². The third-order valence-electron chi connectivity index (χ3n) is 3.62. The Morgan fingerprint density at radius 2 is 1.86 bits per heavy atom. The third kappa shape index (κ3) is 5.64. The summed E-state index contributed by atoms with van der Waals surface area (Å²) in [6.07, 6.45) is 2.37. The zero-order valence-corrected chi connectivity index (χ0v) is 13.5. The van der Waals surface area contributed by atoms with Gasteiger partial charge < -0.3 is 15.4 Å². The normalized spacial score (nSPS) is 21.1. The van der Waals surface area contributed by atoms with E-state index in [9.17, 15) is 9.18 Å². The lowest BCUT2D eigenvalue weighted by Gasteiger charge is -2.36. The summed E-state index contributed by atoms with van der Waals surface area (Å²) in [4.78, 5) is 11.6. The van der Waals surface area contributed by atoms with Crippen molar-refractivity contribution in [1.29, 1.82) is 0 Å². The number of halogens is 1. The molecule has 0 spiro atoms. The summed E-state index contributed by atoms with van der Waals surface area (Å²) in [6.45, 7) is 6.42. The molecular formula is C17H25FN2O2. The second-order valence-electron chi connectivity index (χ2n) is 6.84. The van der Waals surface area contributed by atoms with Gasteiger partial charge in [0.05, 0.1) is 0 Å². The van der Waals surface area contributed by atoms with Crippen molar-refractivity contribution in [2.75, 3.05) is 6.54 Å². The number of benzene rings is 1. The van der Waals surface area contributed by atoms with Crippen LogP contribution in [0.4, 0.5) is 9.18 Å². The fraction of sp³-hybridized carbons (Fsp3) is 0.588. The highest BCUT2D eigenvalue weighted by Gasteiger charge is 2.31. The van der Waals surface area contributed by atoms with Gasteiger partial charge in [-0.3, -0.25) is 0 Å². The Bertz CT molecular complexity index is 490. The van der Waals surface area contributed by atoms with E-state index >= 15 is 0 Å². The highest BCUT2D eigenvalue weighted by atomic mass is 19.1. The molecule has 1 saturated carbocycles. The number of ether oxygens (including phenoxy) is 1. The largest absolute Gasteiger partial charge is 0.444 e. The van der Waals surface area contributed by atoms with Gasteiger partial charge in [0.1, 0.15) is 11.4 Å². The van der Waals surface area contributed by atoms with Crippen LogP contribution in [0.3, 0.4) is 0 Å². The van der Waals surface area contributed by atoms with Gasteiger partial charge in [-0.1, -0.05) is 12.1 Å². The van der Waals surface area contributed by atoms with Crippen LogP contribution in [0.15, 0.2) is 24.3 Å². The lowest BCUT2D eigenvalue weighted by Crippen LogP contribution is -2.53. The first-order valence-electron chi connectivity index (χ1n) is 7.79. The van der Waals surface area contributed by atoms with Gasteiger partial charge in [-0.15, -0.1) is 0 Å². The molecule has 1 fully saturated rings. The molecule has 0 atom stereocenters. The van der Waals surface area contributed by atoms with Gasteiger partial charge in [0, 0.05) is 12.1 Å². The molecule has 122 valence electrons. The fourth-order valence-corrected chi connectivity index (χ4v) is 2.45. The van der Waals surface area contributed by atoms with E-state index in [1.165, 1.54) is 12.1 Å². The van der Waals surface area contributed by atoms with E-state index in [2.05, 4.69) is 10.6 Å². The predicted octanol–water partition coefficient (Wildman–Crippen LogP) is 3.01. The Morgan fingerprint density at radius 1 is 1.23 bits per heavy atom. The van der Waals surface area contributed by atoms with Crippen LogP contribution in [0, 0.1) is 5.82 Å². The van der Waals surface area contributed by atoms with Crippen molar-refractivity contribution in [3.63, 3.8) is 0 Å². The van der Waals surface area contributed by atoms with Crippen molar-refractivity contribution < 1.29 is 13.9 Å². The zero-order valence-electron chi connectivity index (χ0n) is 13.5. The van der Waals surface area contributed by atoms with Crippen molar-refractivity contribution in [3.05, 3.63) is 35.6 Å². The molecule has 1 amide bonds. The van der Waals surface area contributed by atoms with E-state index in [1.54, 1.807) is 0 Å². The number of amides is 1. The summed E-state index contributed by atoms with van der Waals surface area (Å²) in [6, 6.07) is 7.22. The van der Waals surface area contributed by atoms with E-state index in [1.807, 2.05) is 32.9 Å². The van der Waals surface area contributed by atoms with Gasteiger partial charge >= 0.3 is 6.09 Å². The van der Waals surface area contributed by atoms with Crippen molar-refractivity contribution in [2.24, 2.45) is 0 Å². The molecule has 2 N–H and O–H groups in total. The van der Waals surface area contributed by atoms with Crippen LogP contribution in [-0.2, 0) is 11.2 Å². The highest BCUT2D eigenvalue weighted by Crippen LogP contribution is 2.20. The van der Waals surface area contributed by atoms with E-state index < -0.39 is 5.60 Å². The van der Waals surface area contributed by atoms with Crippen LogP contribution in [0.5, 0.6) is 0 Å². The lowest BCUT2D eigenvalue weighted by molar-refractivity contribution is 0.0465. The minimum absolute atomic E-state index is 0.193. The summed E-state index contributed by atoms with van der Waals surface area (Å²) < 4.78 is 18.0. The minimum Gasteiger partial charge on any atom is -0.444 e. The van der Waals surface area contributed by atoms with Gasteiger partial charge in [-0.25, -0.2) is 9.18 Å². The summed E-state index contributed by atoms with van der Waals surface area (Å²) in [5, 5.41) is 6.32. The second-order valence-corrected chi connectivity index (χ2v) is 6.84. The maximum atomic E-state index is 12.8. The summed E-state index contributed by atoms with van der Waals surface area (Å²) in [5.41, 5.74) is 0.664. The number of carbonyl (C=O) groups is 1. The van der Waals surface area contributed by atoms with E-state index in [0.29, 0.717) is 6.04 Å². The molecule has 0 unspecified atom stereocenters. The predicted molar refractivity (Wildman–Crippen MR) is 84.3 cm³/mol. The summed E-state index contributed by atoms with van der Waals surface area (Å²) in [5.74, 6) is -0.202. The Kier molecular flexibility index (Phi) is 5.40. The van der Waals surface area contributed by atoms with E-state index in [-0.39, 0.29) is 18.0 Å². The van der Waals surface area contributed by atoms with Gasteiger partial charge in [0.2, 0.25) is 0 Å². The van der Waals surface area contributed by atoms with Gasteiger partial charge in [0.25, 0.3) is 0 Å². The molecule has 1 aliphatic carbocycles. The monoisotopic (exact) mass is 308 g/mol. The Hall–Kier alpha value is -1.62. The Morgan fingerprint density at radius 3 is 2.45 bits per heavy atom. The zero-order chi connectivity index (χ0) is 16.2. The summed E-state index contributed by atoms with van der Waals surface area (Å²) in [7, 11) is 0. The highest BCUT2D eigenvalue weighted by molar-refractivity contribution is 5.68. The minimum atomic E-state index is -0.458. The maximum Gasteiger partial charge on any atom is 0.407 e. The quantitative estimate of drug-likeness (QED) is 0.879. The molecule has 0 bridgehead atoms. The molecule has 4 nitrogen and oxygen atoms in total. The number of rotatable bonds is 5. The topological polar surface area (TPSA) is 50.4 Å². The first kappa shape index (κ1) is 16.7. The smallest absolute Gasteiger partial charge is 0.407 e. The molecule has 1 aliphatic rings. The van der Waals surface area contributed by atoms with Crippen LogP contribution >= 0.6 is 0 Å². The first-order valence-corrected chi connectivity index (χ1v) is 7.79. The van der Waals surface area contributed by atoms with Crippen molar-refractivity contribution in [1.82, 2.24) is 10.6 Å². The van der Waals surface area contributed by atoms with Crippen LogP contribution in [-0.4, -0.2) is 30.3 Å². The molecule has 0 aromatic heterocycles. The number of alkyl carbamates (subject to hydrolysis) is 1. The molecule has 1 aromatic carbocycles. The third-order valence-corrected chi connectivity index (χ3v) is 3.62. The van der Waals surface area contributed by atoms with Crippen molar-refractivity contribution >= 4 is 6.09 Å². The van der Waals surface area contributed by atoms with Gasteiger partial charge in [-0.2, -0.15) is 0 Å². The molecule has 0 heterocycles. The average molecular weight is 308 g/mol. The second kappa shape index (κ2) is 7.09. The molecule has 0 radical (unpaired) electrons. The average Bonchev–Trinajstić information content (AvgIpc) is 2.35. The Balaban J connectivity index is 1.58. The van der Waals surface area contributed by atoms with Crippen molar-refractivity contribution in [3.8, 4) is 0 Å². The molecular weight excluding hydrogens is 283 g/mol. The molecule has 22 heavy (non-hydrogen) atoms. The van der Waals surface area contributed by atoms with Crippen molar-refractivity contribution in [2.45, 2.75) is 57.7 Å². The molecule has 2 rings (SSSR count). The first-order chi connectivity index (χ1) is 10.3. The molecule has 5 heteroatoms. The lowest BCUT2D eigenvalue weighted by atomic mass is 9.87. The van der Waals surface area contributed by atoms with Crippen LogP contribution < -0.4 is 10.6 Å². The molecule has 1 aromatic rings. The number of carbonyl (C=O) groups excluding carboxylic acids is 1. The molecule has 0 aliphatic heterocycles. The maximum absolute atomic E-state index is 12.8. The van der Waals surface area contributed by atoms with Crippen LogP contribution in [0.2, 0.25) is 0 Å². The summed E-state index contributed by atoms with van der Waals surface area (Å²) >= 11 is 0. The van der Waals surface area contributed by atoms with Crippen LogP contribution in [0.25, 0.3) is 0 Å². The van der Waals surface area contributed by atoms with Crippen LogP contribution in [0.1, 0.15) is 39.2 Å². The number of nitrogens with one attached hydrogen (secondary N) is 2. The van der Waals surface area contributed by atoms with E-state index in [0.717, 1.165) is 31.4 Å². The SMILES string of the molecule is CC(C)(C)OC(=O)NC1CC(NCCc2ccc(F)cc2)C1. The fourth-order valence-electron chi connectivity index (χ4n) is 2.45. The number of hydrogen-bond acceptors (Lipinski definition) is 3. The number of hydrogen-bond donors (Lipinski definition) is 2. The standard InChI is InChI=1S/C17H25FN2O2/c1-17(2,3)22-16(21)20-15-10-14(11-15)19-9-8-12-4-6-13(18)7-5-12/h4-7,14-15,19H,8-11H2,1-3H3,(H,20,21). The van der Waals surface area contributed by atoms with Gasteiger partial charge in [-0.05, 0) is 64.3 Å². The van der Waals surface area contributed by atoms with E-state index in [4.69, 9.17) is 4.74 Å².